The summed E-state index contributed by atoms with van der Waals surface area (Å²) in [6.07, 6.45) is 0. The number of anilines is 1. The maximum atomic E-state index is 10.7. The molecule has 0 atom stereocenters. The second kappa shape index (κ2) is 5.56. The molecule has 0 spiro atoms. The molecule has 0 aliphatic carbocycles. The molecule has 1 N–H and O–H groups in total. The zero-order valence-electron chi connectivity index (χ0n) is 9.11. The van der Waals surface area contributed by atoms with Gasteiger partial charge in [-0.1, -0.05) is 29.8 Å². The van der Waals surface area contributed by atoms with Crippen molar-refractivity contribution < 1.29 is 9.90 Å². The fraction of sp³-hybridized carbons (Fsp3) is 0.250. The molecule has 0 heterocycles. The number of carboxylic acid groups (broad SMARTS) is 1. The molecule has 0 aliphatic heterocycles. The second-order valence-corrected chi connectivity index (χ2v) is 4.12. The van der Waals surface area contributed by atoms with E-state index in [2.05, 4.69) is 6.58 Å². The van der Waals surface area contributed by atoms with Gasteiger partial charge in [-0.25, -0.2) is 0 Å². The third-order valence-electron chi connectivity index (χ3n) is 1.96. The van der Waals surface area contributed by atoms with Crippen LogP contribution in [0, 0.1) is 0 Å². The number of benzene rings is 1. The van der Waals surface area contributed by atoms with E-state index in [0.29, 0.717) is 11.6 Å². The second-order valence-electron chi connectivity index (χ2n) is 3.69. The van der Waals surface area contributed by atoms with Crippen molar-refractivity contribution in [3.05, 3.63) is 41.4 Å². The van der Waals surface area contributed by atoms with Crippen molar-refractivity contribution in [2.24, 2.45) is 0 Å². The Hall–Kier alpha value is -1.48. The number of halogens is 1. The monoisotopic (exact) mass is 239 g/mol. The number of aliphatic carboxylic acids is 1. The highest BCUT2D eigenvalue weighted by Gasteiger charge is 2.10. The van der Waals surface area contributed by atoms with Crippen LogP contribution < -0.4 is 4.90 Å². The van der Waals surface area contributed by atoms with Gasteiger partial charge in [0.15, 0.2) is 0 Å². The lowest BCUT2D eigenvalue weighted by molar-refractivity contribution is -0.135. The molecule has 0 radical (unpaired) electrons. The van der Waals surface area contributed by atoms with Gasteiger partial charge in [0.1, 0.15) is 6.54 Å². The van der Waals surface area contributed by atoms with E-state index >= 15 is 0 Å². The summed E-state index contributed by atoms with van der Waals surface area (Å²) in [6, 6.07) is 7.13. The third-order valence-corrected chi connectivity index (χ3v) is 2.20. The number of hydrogen-bond donors (Lipinski definition) is 1. The first-order chi connectivity index (χ1) is 7.49. The van der Waals surface area contributed by atoms with Gasteiger partial charge in [-0.3, -0.25) is 4.79 Å². The largest absolute Gasteiger partial charge is 0.480 e. The Balaban J connectivity index is 2.90. The Labute approximate surface area is 100.0 Å². The normalized spacial score (nSPS) is 9.88. The zero-order valence-corrected chi connectivity index (χ0v) is 9.87. The molecule has 0 aromatic heterocycles. The molecule has 16 heavy (non-hydrogen) atoms. The Morgan fingerprint density at radius 2 is 2.19 bits per heavy atom. The highest BCUT2D eigenvalue weighted by Crippen LogP contribution is 2.19. The highest BCUT2D eigenvalue weighted by molar-refractivity contribution is 6.30. The molecule has 0 aliphatic rings. The van der Waals surface area contributed by atoms with E-state index in [1.165, 1.54) is 0 Å². The number of hydrogen-bond acceptors (Lipinski definition) is 2. The fourth-order valence-electron chi connectivity index (χ4n) is 1.40. The van der Waals surface area contributed by atoms with Crippen LogP contribution in [0.1, 0.15) is 6.92 Å². The van der Waals surface area contributed by atoms with E-state index in [0.717, 1.165) is 11.3 Å². The molecule has 0 amide bonds. The average molecular weight is 240 g/mol. The van der Waals surface area contributed by atoms with Gasteiger partial charge in [0.25, 0.3) is 0 Å². The molecule has 3 nitrogen and oxygen atoms in total. The highest BCUT2D eigenvalue weighted by atomic mass is 35.5. The molecule has 0 fully saturated rings. The lowest BCUT2D eigenvalue weighted by Crippen LogP contribution is -2.30. The first-order valence-corrected chi connectivity index (χ1v) is 5.23. The third kappa shape index (κ3) is 3.95. The van der Waals surface area contributed by atoms with E-state index in [1.807, 2.05) is 13.0 Å². The van der Waals surface area contributed by atoms with E-state index in [4.69, 9.17) is 16.7 Å². The average Bonchev–Trinajstić information content (AvgIpc) is 2.15. The van der Waals surface area contributed by atoms with Crippen molar-refractivity contribution in [1.82, 2.24) is 0 Å². The maximum Gasteiger partial charge on any atom is 0.323 e. The van der Waals surface area contributed by atoms with Crippen molar-refractivity contribution in [2.45, 2.75) is 6.92 Å². The van der Waals surface area contributed by atoms with Crippen molar-refractivity contribution in [2.75, 3.05) is 18.0 Å². The van der Waals surface area contributed by atoms with Gasteiger partial charge < -0.3 is 10.0 Å². The molecule has 1 rings (SSSR count). The molecule has 1 aromatic rings. The van der Waals surface area contributed by atoms with Gasteiger partial charge in [0.2, 0.25) is 0 Å². The maximum absolute atomic E-state index is 10.7. The zero-order chi connectivity index (χ0) is 12.1. The summed E-state index contributed by atoms with van der Waals surface area (Å²) in [7, 11) is 0. The lowest BCUT2D eigenvalue weighted by Gasteiger charge is -2.23. The first kappa shape index (κ1) is 12.6. The Morgan fingerprint density at radius 3 is 2.69 bits per heavy atom. The molecule has 1 aromatic carbocycles. The van der Waals surface area contributed by atoms with Crippen molar-refractivity contribution in [3.8, 4) is 0 Å². The van der Waals surface area contributed by atoms with Crippen LogP contribution in [0.3, 0.4) is 0 Å². The van der Waals surface area contributed by atoms with Gasteiger partial charge in [-0.2, -0.15) is 0 Å². The number of nitrogens with zero attached hydrogens (tertiary/aromatic N) is 1. The predicted molar refractivity (Wildman–Crippen MR) is 66.1 cm³/mol. The van der Waals surface area contributed by atoms with Crippen LogP contribution in [0.2, 0.25) is 5.02 Å². The minimum Gasteiger partial charge on any atom is -0.480 e. The summed E-state index contributed by atoms with van der Waals surface area (Å²) in [5, 5.41) is 9.42. The number of rotatable bonds is 5. The van der Waals surface area contributed by atoms with Crippen LogP contribution in [-0.4, -0.2) is 24.2 Å². The van der Waals surface area contributed by atoms with Crippen LogP contribution >= 0.6 is 11.6 Å². The molecule has 86 valence electrons. The van der Waals surface area contributed by atoms with Crippen LogP contribution in [0.4, 0.5) is 5.69 Å². The smallest absolute Gasteiger partial charge is 0.323 e. The number of carbonyl (C=O) groups is 1. The summed E-state index contributed by atoms with van der Waals surface area (Å²) in [5.41, 5.74) is 1.69. The molecule has 0 saturated heterocycles. The fourth-order valence-corrected chi connectivity index (χ4v) is 1.58. The minimum atomic E-state index is -0.874. The molecule has 0 bridgehead atoms. The van der Waals surface area contributed by atoms with Gasteiger partial charge >= 0.3 is 5.97 Å². The molecule has 0 unspecified atom stereocenters. The predicted octanol–water partition coefficient (Wildman–Crippen LogP) is 2.81. The van der Waals surface area contributed by atoms with Crippen molar-refractivity contribution >= 4 is 23.3 Å². The van der Waals surface area contributed by atoms with Gasteiger partial charge in [-0.05, 0) is 25.1 Å². The quantitative estimate of drug-likeness (QED) is 0.804. The van der Waals surface area contributed by atoms with Gasteiger partial charge in [0.05, 0.1) is 0 Å². The van der Waals surface area contributed by atoms with E-state index < -0.39 is 5.97 Å². The van der Waals surface area contributed by atoms with Crippen molar-refractivity contribution in [1.29, 1.82) is 0 Å². The lowest BCUT2D eigenvalue weighted by atomic mass is 10.2. The summed E-state index contributed by atoms with van der Waals surface area (Å²) in [6.45, 7) is 6.09. The van der Waals surface area contributed by atoms with E-state index in [1.54, 1.807) is 23.1 Å². The summed E-state index contributed by atoms with van der Waals surface area (Å²) in [5.74, 6) is -0.874. The molecule has 0 saturated carbocycles. The van der Waals surface area contributed by atoms with Crippen molar-refractivity contribution in [3.63, 3.8) is 0 Å². The molecular formula is C12H14ClNO2. The molecule has 4 heteroatoms. The van der Waals surface area contributed by atoms with Gasteiger partial charge in [0, 0.05) is 17.3 Å². The summed E-state index contributed by atoms with van der Waals surface area (Å²) >= 11 is 5.87. The summed E-state index contributed by atoms with van der Waals surface area (Å²) in [4.78, 5) is 12.5. The summed E-state index contributed by atoms with van der Waals surface area (Å²) < 4.78 is 0. The topological polar surface area (TPSA) is 40.5 Å². The van der Waals surface area contributed by atoms with E-state index in [-0.39, 0.29) is 6.54 Å². The van der Waals surface area contributed by atoms with Crippen LogP contribution in [-0.2, 0) is 4.79 Å². The van der Waals surface area contributed by atoms with E-state index in [9.17, 15) is 4.79 Å². The SMILES string of the molecule is C=C(C)CN(CC(=O)O)c1cccc(Cl)c1. The Bertz CT molecular complexity index is 388. The van der Waals surface area contributed by atoms with Gasteiger partial charge in [-0.15, -0.1) is 0 Å². The van der Waals surface area contributed by atoms with Crippen LogP contribution in [0.25, 0.3) is 0 Å². The number of carboxylic acids is 1. The van der Waals surface area contributed by atoms with Crippen LogP contribution in [0.5, 0.6) is 0 Å². The molecular weight excluding hydrogens is 226 g/mol. The minimum absolute atomic E-state index is 0.0623. The first-order valence-electron chi connectivity index (χ1n) is 4.85. The standard InChI is InChI=1S/C12H14ClNO2/c1-9(2)7-14(8-12(15)16)11-5-3-4-10(13)6-11/h3-6H,1,7-8H2,2H3,(H,15,16). The Kier molecular flexibility index (Phi) is 4.38. The van der Waals surface area contributed by atoms with Crippen LogP contribution in [0.15, 0.2) is 36.4 Å². The Morgan fingerprint density at radius 1 is 1.50 bits per heavy atom.